The number of fused-ring (bicyclic) bond motifs is 2. The topological polar surface area (TPSA) is 18.5 Å². The van der Waals surface area contributed by atoms with Crippen LogP contribution in [0.5, 0.6) is 0 Å². The highest BCUT2D eigenvalue weighted by molar-refractivity contribution is 5.19. The Balaban J connectivity index is 1.81. The van der Waals surface area contributed by atoms with Crippen molar-refractivity contribution in [3.8, 4) is 0 Å². The molecule has 0 spiro atoms. The van der Waals surface area contributed by atoms with Crippen molar-refractivity contribution in [3.05, 3.63) is 36.5 Å². The Hall–Kier alpha value is -0.860. The predicted octanol–water partition coefficient (Wildman–Crippen LogP) is 1.98. The number of hydrogen-bond donors (Lipinski definition) is 0. The van der Waals surface area contributed by atoms with E-state index in [0.717, 1.165) is 12.8 Å². The molecule has 74 valence electrons. The fourth-order valence-electron chi connectivity index (χ4n) is 2.25. The van der Waals surface area contributed by atoms with Gasteiger partial charge in [-0.15, -0.1) is 0 Å². The second kappa shape index (κ2) is 3.37. The van der Waals surface area contributed by atoms with E-state index in [1.54, 1.807) is 0 Å². The summed E-state index contributed by atoms with van der Waals surface area (Å²) in [6.45, 7) is 0. The van der Waals surface area contributed by atoms with Crippen molar-refractivity contribution in [1.29, 1.82) is 0 Å². The van der Waals surface area contributed by atoms with Gasteiger partial charge >= 0.3 is 0 Å². The quantitative estimate of drug-likeness (QED) is 0.544. The van der Waals surface area contributed by atoms with Gasteiger partial charge in [-0.25, -0.2) is 0 Å². The molecule has 2 aliphatic carbocycles. The molecule has 1 fully saturated rings. The first-order valence-electron chi connectivity index (χ1n) is 5.26. The molecule has 0 aromatic carbocycles. The zero-order chi connectivity index (χ0) is 9.38. The lowest BCUT2D eigenvalue weighted by atomic mass is 9.97. The number of rotatable bonds is 0. The van der Waals surface area contributed by atoms with Crippen molar-refractivity contribution in [1.82, 2.24) is 0 Å². The maximum Gasteiger partial charge on any atom is 0.107 e. The van der Waals surface area contributed by atoms with Gasteiger partial charge in [-0.3, -0.25) is 0 Å². The molecule has 0 saturated carbocycles. The molecular formula is C12H14O2. The molecule has 2 heteroatoms. The zero-order valence-corrected chi connectivity index (χ0v) is 8.00. The van der Waals surface area contributed by atoms with Crippen LogP contribution in [0.4, 0.5) is 0 Å². The minimum absolute atomic E-state index is 0.115. The third-order valence-electron chi connectivity index (χ3n) is 2.99. The molecule has 1 aliphatic heterocycles. The van der Waals surface area contributed by atoms with Crippen LogP contribution in [-0.4, -0.2) is 24.4 Å². The van der Waals surface area contributed by atoms with Crippen LogP contribution in [0.15, 0.2) is 36.5 Å². The highest BCUT2D eigenvalue weighted by Crippen LogP contribution is 2.29. The van der Waals surface area contributed by atoms with Gasteiger partial charge in [0.05, 0.1) is 6.10 Å². The van der Waals surface area contributed by atoms with Gasteiger partial charge in [0, 0.05) is 0 Å². The molecule has 1 saturated heterocycles. The third-order valence-corrected chi connectivity index (χ3v) is 2.99. The molecule has 4 atom stereocenters. The van der Waals surface area contributed by atoms with E-state index in [-0.39, 0.29) is 24.4 Å². The van der Waals surface area contributed by atoms with E-state index in [1.807, 2.05) is 12.2 Å². The zero-order valence-electron chi connectivity index (χ0n) is 8.00. The molecule has 0 bridgehead atoms. The highest BCUT2D eigenvalue weighted by atomic mass is 16.6. The van der Waals surface area contributed by atoms with Crippen molar-refractivity contribution in [3.63, 3.8) is 0 Å². The van der Waals surface area contributed by atoms with Gasteiger partial charge in [-0.2, -0.15) is 0 Å². The van der Waals surface area contributed by atoms with Gasteiger partial charge in [0.2, 0.25) is 0 Å². The first-order valence-corrected chi connectivity index (χ1v) is 5.26. The van der Waals surface area contributed by atoms with Crippen LogP contribution < -0.4 is 0 Å². The maximum atomic E-state index is 5.98. The Morgan fingerprint density at radius 1 is 0.857 bits per heavy atom. The van der Waals surface area contributed by atoms with Crippen LogP contribution in [0.3, 0.4) is 0 Å². The summed E-state index contributed by atoms with van der Waals surface area (Å²) in [5.41, 5.74) is 0. The Morgan fingerprint density at radius 2 is 1.64 bits per heavy atom. The summed E-state index contributed by atoms with van der Waals surface area (Å²) >= 11 is 0. The molecular weight excluding hydrogens is 176 g/mol. The summed E-state index contributed by atoms with van der Waals surface area (Å²) in [5.74, 6) is 0. The largest absolute Gasteiger partial charge is 0.365 e. The average molecular weight is 190 g/mol. The van der Waals surface area contributed by atoms with Crippen LogP contribution in [0.25, 0.3) is 0 Å². The lowest BCUT2D eigenvalue weighted by Crippen LogP contribution is -2.48. The van der Waals surface area contributed by atoms with Gasteiger partial charge in [-0.05, 0) is 12.8 Å². The van der Waals surface area contributed by atoms with Crippen LogP contribution >= 0.6 is 0 Å². The smallest absolute Gasteiger partial charge is 0.107 e. The number of hydrogen-bond acceptors (Lipinski definition) is 2. The lowest BCUT2D eigenvalue weighted by Gasteiger charge is -2.41. The Kier molecular flexibility index (Phi) is 2.03. The van der Waals surface area contributed by atoms with Gasteiger partial charge in [0.25, 0.3) is 0 Å². The molecule has 0 N–H and O–H groups in total. The van der Waals surface area contributed by atoms with E-state index in [9.17, 15) is 0 Å². The van der Waals surface area contributed by atoms with Crippen LogP contribution in [0.2, 0.25) is 0 Å². The summed E-state index contributed by atoms with van der Waals surface area (Å²) < 4.78 is 11.9. The van der Waals surface area contributed by atoms with Crippen molar-refractivity contribution >= 4 is 0 Å². The van der Waals surface area contributed by atoms with E-state index in [0.29, 0.717) is 0 Å². The van der Waals surface area contributed by atoms with E-state index in [4.69, 9.17) is 9.47 Å². The maximum absolute atomic E-state index is 5.98. The first-order chi connectivity index (χ1) is 6.93. The fourth-order valence-corrected chi connectivity index (χ4v) is 2.25. The third kappa shape index (κ3) is 1.35. The van der Waals surface area contributed by atoms with Gasteiger partial charge in [0.15, 0.2) is 0 Å². The van der Waals surface area contributed by atoms with Gasteiger partial charge < -0.3 is 9.47 Å². The number of ether oxygens (including phenoxy) is 2. The molecule has 0 amide bonds. The minimum atomic E-state index is 0.115. The monoisotopic (exact) mass is 190 g/mol. The Bertz CT molecular complexity index is 303. The molecule has 0 aromatic heterocycles. The fraction of sp³-hybridized carbons (Fsp3) is 0.500. The molecule has 2 nitrogen and oxygen atoms in total. The van der Waals surface area contributed by atoms with Crippen molar-refractivity contribution in [2.45, 2.75) is 37.3 Å². The molecule has 0 aromatic rings. The summed E-state index contributed by atoms with van der Waals surface area (Å²) in [6.07, 6.45) is 15.4. The molecule has 14 heavy (non-hydrogen) atoms. The highest BCUT2D eigenvalue weighted by Gasteiger charge is 2.36. The standard InChI is InChI=1S/C12H14O2/c1-2-6-10-9(5-1)13-11-7-3-4-8-12(11)14-10/h1-3,5-7,9-12H,4,8H2. The van der Waals surface area contributed by atoms with Gasteiger partial charge in [-0.1, -0.05) is 36.5 Å². The first kappa shape index (κ1) is 8.45. The average Bonchev–Trinajstić information content (AvgIpc) is 2.26. The molecule has 1 heterocycles. The predicted molar refractivity (Wildman–Crippen MR) is 54.0 cm³/mol. The molecule has 4 unspecified atom stereocenters. The Labute approximate surface area is 83.9 Å². The molecule has 0 radical (unpaired) electrons. The van der Waals surface area contributed by atoms with Gasteiger partial charge in [0.1, 0.15) is 18.3 Å². The normalized spacial score (nSPS) is 44.6. The van der Waals surface area contributed by atoms with Crippen molar-refractivity contribution in [2.75, 3.05) is 0 Å². The summed E-state index contributed by atoms with van der Waals surface area (Å²) in [5, 5.41) is 0. The van der Waals surface area contributed by atoms with Crippen LogP contribution in [0.1, 0.15) is 12.8 Å². The second-order valence-electron chi connectivity index (χ2n) is 3.98. The van der Waals surface area contributed by atoms with E-state index in [1.165, 1.54) is 0 Å². The van der Waals surface area contributed by atoms with Crippen molar-refractivity contribution in [2.24, 2.45) is 0 Å². The molecule has 3 rings (SSSR count). The van der Waals surface area contributed by atoms with E-state index >= 15 is 0 Å². The lowest BCUT2D eigenvalue weighted by molar-refractivity contribution is -0.179. The summed E-state index contributed by atoms with van der Waals surface area (Å²) in [7, 11) is 0. The van der Waals surface area contributed by atoms with Crippen molar-refractivity contribution < 1.29 is 9.47 Å². The number of allylic oxidation sites excluding steroid dienone is 3. The van der Waals surface area contributed by atoms with Crippen LogP contribution in [0, 0.1) is 0 Å². The second-order valence-corrected chi connectivity index (χ2v) is 3.98. The minimum Gasteiger partial charge on any atom is -0.365 e. The summed E-state index contributed by atoms with van der Waals surface area (Å²) in [6, 6.07) is 0. The molecule has 3 aliphatic rings. The van der Waals surface area contributed by atoms with E-state index in [2.05, 4.69) is 24.3 Å². The summed E-state index contributed by atoms with van der Waals surface area (Å²) in [4.78, 5) is 0. The van der Waals surface area contributed by atoms with Crippen LogP contribution in [-0.2, 0) is 9.47 Å². The SMILES string of the molecule is C1=CC2OC3C=CCCC3OC2C=C1. The van der Waals surface area contributed by atoms with E-state index < -0.39 is 0 Å². The Morgan fingerprint density at radius 3 is 2.50 bits per heavy atom.